The molecule has 0 radical (unpaired) electrons. The monoisotopic (exact) mass is 380 g/mol. The van der Waals surface area contributed by atoms with E-state index >= 15 is 0 Å². The van der Waals surface area contributed by atoms with Gasteiger partial charge in [0, 0.05) is 23.8 Å². The Balaban J connectivity index is 1.97. The molecule has 0 spiro atoms. The number of para-hydroxylation sites is 1. The molecule has 1 aliphatic heterocycles. The quantitative estimate of drug-likeness (QED) is 0.605. The van der Waals surface area contributed by atoms with Crippen molar-refractivity contribution in [3.05, 3.63) is 71.4 Å². The third-order valence-corrected chi connectivity index (χ3v) is 4.60. The van der Waals surface area contributed by atoms with Crippen molar-refractivity contribution in [2.75, 3.05) is 13.7 Å². The van der Waals surface area contributed by atoms with E-state index < -0.39 is 5.97 Å². The van der Waals surface area contributed by atoms with E-state index in [-0.39, 0.29) is 11.8 Å². The molecular formula is C22H24N2O4. The van der Waals surface area contributed by atoms with Crippen LogP contribution >= 0.6 is 0 Å². The minimum atomic E-state index is -0.413. The van der Waals surface area contributed by atoms with Gasteiger partial charge in [0.25, 0.3) is 0 Å². The van der Waals surface area contributed by atoms with E-state index in [9.17, 15) is 9.90 Å². The number of nitrogens with zero attached hydrogens (tertiary/aromatic N) is 2. The number of phenolic OH excluding ortho intramolecular Hbond substituents is 1. The number of hydrogen-bond acceptors (Lipinski definition) is 6. The highest BCUT2D eigenvalue weighted by molar-refractivity contribution is 6.02. The molecule has 0 aliphatic carbocycles. The Morgan fingerprint density at radius 1 is 1.25 bits per heavy atom. The molecule has 0 bridgehead atoms. The summed E-state index contributed by atoms with van der Waals surface area (Å²) in [6.45, 7) is 3.89. The Hall–Kier alpha value is -3.28. The van der Waals surface area contributed by atoms with Gasteiger partial charge in [-0.05, 0) is 49.7 Å². The van der Waals surface area contributed by atoms with Crippen molar-refractivity contribution < 1.29 is 19.4 Å². The lowest BCUT2D eigenvalue weighted by Gasteiger charge is -2.24. The predicted octanol–water partition coefficient (Wildman–Crippen LogP) is 4.02. The van der Waals surface area contributed by atoms with Crippen molar-refractivity contribution in [2.45, 2.75) is 26.3 Å². The highest BCUT2D eigenvalue weighted by atomic mass is 16.5. The van der Waals surface area contributed by atoms with E-state index in [0.717, 1.165) is 22.6 Å². The molecule has 146 valence electrons. The molecule has 1 atom stereocenters. The number of carbonyl (C=O) groups is 1. The van der Waals surface area contributed by atoms with Crippen molar-refractivity contribution in [3.63, 3.8) is 0 Å². The molecule has 28 heavy (non-hydrogen) atoms. The molecule has 0 fully saturated rings. The maximum absolute atomic E-state index is 11.9. The first-order chi connectivity index (χ1) is 13.5. The van der Waals surface area contributed by atoms with Gasteiger partial charge in [-0.15, -0.1) is 0 Å². The van der Waals surface area contributed by atoms with Gasteiger partial charge >= 0.3 is 5.97 Å². The summed E-state index contributed by atoms with van der Waals surface area (Å²) in [5.74, 6) is 0.562. The topological polar surface area (TPSA) is 71.4 Å². The zero-order chi connectivity index (χ0) is 20.1. The van der Waals surface area contributed by atoms with Crippen LogP contribution in [-0.2, 0) is 9.53 Å². The predicted molar refractivity (Wildman–Crippen MR) is 107 cm³/mol. The second-order valence-corrected chi connectivity index (χ2v) is 6.44. The number of allylic oxidation sites excluding steroid dienone is 1. The van der Waals surface area contributed by atoms with Crippen molar-refractivity contribution in [1.29, 1.82) is 0 Å². The lowest BCUT2D eigenvalue weighted by atomic mass is 9.97. The van der Waals surface area contributed by atoms with E-state index in [1.165, 1.54) is 6.08 Å². The molecule has 0 saturated carbocycles. The molecule has 1 heterocycles. The number of aromatic hydroxyl groups is 1. The molecule has 1 aliphatic rings. The fraction of sp³-hybridized carbons (Fsp3) is 0.273. The van der Waals surface area contributed by atoms with Crippen LogP contribution in [0.3, 0.4) is 0 Å². The number of carbonyl (C=O) groups excluding carboxylic acids is 1. The number of esters is 1. The van der Waals surface area contributed by atoms with Crippen molar-refractivity contribution in [3.8, 4) is 11.5 Å². The molecule has 2 aromatic carbocycles. The summed E-state index contributed by atoms with van der Waals surface area (Å²) in [6.07, 6.45) is 2.02. The highest BCUT2D eigenvalue weighted by Crippen LogP contribution is 2.39. The number of hydrazone groups is 1. The molecule has 6 heteroatoms. The summed E-state index contributed by atoms with van der Waals surface area (Å²) < 4.78 is 10.2. The minimum Gasteiger partial charge on any atom is -0.508 e. The second-order valence-electron chi connectivity index (χ2n) is 6.44. The molecule has 0 saturated heterocycles. The van der Waals surface area contributed by atoms with Crippen LogP contribution in [0.15, 0.2) is 65.4 Å². The summed E-state index contributed by atoms with van der Waals surface area (Å²) in [5.41, 5.74) is 3.24. The number of rotatable bonds is 6. The molecule has 0 aromatic heterocycles. The number of phenols is 1. The standard InChI is InChI=1S/C22H24N2O4/c1-4-28-22(26)13-15(2)24-20(18-7-5-6-8-21(18)25)14-19(23-24)16-9-11-17(27-3)12-10-16/h5-13,20,25H,4,14H2,1-3H3/b15-13+/t20-/m1/s1. The van der Waals surface area contributed by atoms with Gasteiger partial charge in [0.15, 0.2) is 0 Å². The third-order valence-electron chi connectivity index (χ3n) is 4.60. The first-order valence-corrected chi connectivity index (χ1v) is 9.17. The average molecular weight is 380 g/mol. The van der Waals surface area contributed by atoms with Gasteiger partial charge in [-0.1, -0.05) is 18.2 Å². The molecule has 3 rings (SSSR count). The Kier molecular flexibility index (Phi) is 5.99. The summed E-state index contributed by atoms with van der Waals surface area (Å²) >= 11 is 0. The van der Waals surface area contributed by atoms with Crippen molar-refractivity contribution in [1.82, 2.24) is 5.01 Å². The number of ether oxygens (including phenoxy) is 2. The first kappa shape index (κ1) is 19.5. The smallest absolute Gasteiger partial charge is 0.332 e. The van der Waals surface area contributed by atoms with Crippen LogP contribution in [0.1, 0.15) is 37.4 Å². The molecule has 2 aromatic rings. The summed E-state index contributed by atoms with van der Waals surface area (Å²) in [4.78, 5) is 11.9. The third kappa shape index (κ3) is 4.17. The van der Waals surface area contributed by atoms with Crippen LogP contribution in [0.2, 0.25) is 0 Å². The van der Waals surface area contributed by atoms with Gasteiger partial charge in [0.1, 0.15) is 11.5 Å². The van der Waals surface area contributed by atoms with Crippen LogP contribution in [0.4, 0.5) is 0 Å². The number of methoxy groups -OCH3 is 1. The molecule has 0 amide bonds. The van der Waals surface area contributed by atoms with Gasteiger partial charge in [-0.2, -0.15) is 5.10 Å². The molecule has 0 unspecified atom stereocenters. The molecular weight excluding hydrogens is 356 g/mol. The van der Waals surface area contributed by atoms with E-state index in [1.807, 2.05) is 43.3 Å². The van der Waals surface area contributed by atoms with Gasteiger partial charge in [-0.25, -0.2) is 4.79 Å². The maximum Gasteiger partial charge on any atom is 0.332 e. The number of benzene rings is 2. The number of hydrogen-bond donors (Lipinski definition) is 1. The zero-order valence-electron chi connectivity index (χ0n) is 16.3. The van der Waals surface area contributed by atoms with E-state index in [1.54, 1.807) is 31.2 Å². The Morgan fingerprint density at radius 3 is 2.61 bits per heavy atom. The lowest BCUT2D eigenvalue weighted by molar-refractivity contribution is -0.137. The largest absolute Gasteiger partial charge is 0.508 e. The van der Waals surface area contributed by atoms with Gasteiger partial charge in [0.2, 0.25) is 0 Å². The fourth-order valence-electron chi connectivity index (χ4n) is 3.23. The maximum atomic E-state index is 11.9. The molecule has 1 N–H and O–H groups in total. The minimum absolute atomic E-state index is 0.201. The lowest BCUT2D eigenvalue weighted by Crippen LogP contribution is -2.19. The van der Waals surface area contributed by atoms with Crippen LogP contribution in [0.5, 0.6) is 11.5 Å². The highest BCUT2D eigenvalue weighted by Gasteiger charge is 2.31. The van der Waals surface area contributed by atoms with Crippen LogP contribution in [-0.4, -0.2) is 35.5 Å². The van der Waals surface area contributed by atoms with Gasteiger partial charge in [-0.3, -0.25) is 5.01 Å². The average Bonchev–Trinajstić information content (AvgIpc) is 3.14. The van der Waals surface area contributed by atoms with Crippen LogP contribution < -0.4 is 4.74 Å². The fourth-order valence-corrected chi connectivity index (χ4v) is 3.23. The Labute approximate surface area is 164 Å². The summed E-state index contributed by atoms with van der Waals surface area (Å²) in [7, 11) is 1.63. The van der Waals surface area contributed by atoms with Gasteiger partial charge < -0.3 is 14.6 Å². The second kappa shape index (κ2) is 8.61. The SMILES string of the molecule is CCOC(=O)/C=C(\C)N1N=C(c2ccc(OC)cc2)C[C@@H]1c1ccccc1O. The van der Waals surface area contributed by atoms with Gasteiger partial charge in [0.05, 0.1) is 25.5 Å². The van der Waals surface area contributed by atoms with E-state index in [2.05, 4.69) is 0 Å². The van der Waals surface area contributed by atoms with Crippen LogP contribution in [0.25, 0.3) is 0 Å². The van der Waals surface area contributed by atoms with Crippen LogP contribution in [0, 0.1) is 0 Å². The summed E-state index contributed by atoms with van der Waals surface area (Å²) in [6, 6.07) is 14.6. The zero-order valence-corrected chi connectivity index (χ0v) is 16.3. The first-order valence-electron chi connectivity index (χ1n) is 9.17. The Morgan fingerprint density at radius 2 is 1.96 bits per heavy atom. The van der Waals surface area contributed by atoms with Crippen molar-refractivity contribution >= 4 is 11.7 Å². The summed E-state index contributed by atoms with van der Waals surface area (Å²) in [5, 5.41) is 16.9. The normalized spacial score (nSPS) is 16.7. The molecule has 6 nitrogen and oxygen atoms in total. The van der Waals surface area contributed by atoms with Crippen molar-refractivity contribution in [2.24, 2.45) is 5.10 Å². The van der Waals surface area contributed by atoms with E-state index in [0.29, 0.717) is 18.7 Å². The Bertz CT molecular complexity index is 903. The van der Waals surface area contributed by atoms with E-state index in [4.69, 9.17) is 14.6 Å².